The summed E-state index contributed by atoms with van der Waals surface area (Å²) in [5.41, 5.74) is -4.08. The van der Waals surface area contributed by atoms with Gasteiger partial charge in [-0.2, -0.15) is 31.4 Å². The minimum atomic E-state index is -4.88. The molecular formula is C24H30F6N8O3. The van der Waals surface area contributed by atoms with Gasteiger partial charge >= 0.3 is 12.4 Å². The summed E-state index contributed by atoms with van der Waals surface area (Å²) in [5.74, 6) is -0.0792. The van der Waals surface area contributed by atoms with Crippen molar-refractivity contribution in [2.24, 2.45) is 5.92 Å². The van der Waals surface area contributed by atoms with Gasteiger partial charge in [0.25, 0.3) is 5.56 Å². The first kappa shape index (κ1) is 30.5. The second-order valence-corrected chi connectivity index (χ2v) is 9.79. The molecule has 0 bridgehead atoms. The topological polar surface area (TPSA) is 128 Å². The number of nitrogens with zero attached hydrogens (tertiary/aromatic N) is 5. The number of alkyl halides is 6. The third kappa shape index (κ3) is 8.06. The Labute approximate surface area is 230 Å². The SMILES string of the molecule is O=C(CCOCC(Nc1cn[nH]c(=O)c1C(F)(F)F)C1CCNCC1)N1CCN(c2ncc(C(F)(F)F)cn2)CC1. The van der Waals surface area contributed by atoms with Gasteiger partial charge in [-0.15, -0.1) is 0 Å². The summed E-state index contributed by atoms with van der Waals surface area (Å²) < 4.78 is 84.5. The normalized spacial score (nSPS) is 17.9. The first-order valence-electron chi connectivity index (χ1n) is 13.1. The highest BCUT2D eigenvalue weighted by Gasteiger charge is 2.38. The number of piperidine rings is 1. The third-order valence-corrected chi connectivity index (χ3v) is 7.07. The van der Waals surface area contributed by atoms with Gasteiger partial charge in [0.2, 0.25) is 11.9 Å². The van der Waals surface area contributed by atoms with Gasteiger partial charge in [0, 0.05) is 38.6 Å². The molecular weight excluding hydrogens is 562 g/mol. The van der Waals surface area contributed by atoms with Crippen molar-refractivity contribution in [1.29, 1.82) is 0 Å². The van der Waals surface area contributed by atoms with Crippen molar-refractivity contribution in [2.45, 2.75) is 37.7 Å². The molecule has 3 N–H and O–H groups in total. The number of nitrogens with one attached hydrogen (secondary N) is 3. The average molecular weight is 593 g/mol. The van der Waals surface area contributed by atoms with E-state index in [1.165, 1.54) is 0 Å². The van der Waals surface area contributed by atoms with Crippen LogP contribution in [-0.2, 0) is 21.9 Å². The lowest BCUT2D eigenvalue weighted by atomic mass is 9.90. The number of aromatic amines is 1. The highest BCUT2D eigenvalue weighted by atomic mass is 19.4. The molecule has 2 aliphatic rings. The summed E-state index contributed by atoms with van der Waals surface area (Å²) in [7, 11) is 0. The Morgan fingerprint density at radius 1 is 1.02 bits per heavy atom. The van der Waals surface area contributed by atoms with Gasteiger partial charge < -0.3 is 25.2 Å². The monoisotopic (exact) mass is 592 g/mol. The van der Waals surface area contributed by atoms with Crippen LogP contribution in [0, 0.1) is 5.92 Å². The maximum Gasteiger partial charge on any atom is 0.423 e. The smallest absolute Gasteiger partial charge is 0.379 e. The number of rotatable bonds is 9. The molecule has 4 heterocycles. The molecule has 0 aromatic carbocycles. The number of hydrogen-bond donors (Lipinski definition) is 3. The van der Waals surface area contributed by atoms with E-state index in [9.17, 15) is 35.9 Å². The lowest BCUT2D eigenvalue weighted by molar-refractivity contribution is -0.139. The Morgan fingerprint density at radius 3 is 2.29 bits per heavy atom. The molecule has 4 rings (SSSR count). The van der Waals surface area contributed by atoms with Gasteiger partial charge in [0.1, 0.15) is 5.56 Å². The molecule has 2 aromatic rings. The minimum absolute atomic E-state index is 0.0150. The largest absolute Gasteiger partial charge is 0.423 e. The molecule has 0 aliphatic carbocycles. The highest BCUT2D eigenvalue weighted by molar-refractivity contribution is 5.76. The van der Waals surface area contributed by atoms with Crippen LogP contribution in [0.3, 0.4) is 0 Å². The van der Waals surface area contributed by atoms with Gasteiger partial charge in [0.15, 0.2) is 0 Å². The van der Waals surface area contributed by atoms with Crippen LogP contribution in [-0.4, -0.2) is 89.5 Å². The van der Waals surface area contributed by atoms with E-state index in [0.717, 1.165) is 18.6 Å². The van der Waals surface area contributed by atoms with Crippen LogP contribution in [0.4, 0.5) is 38.0 Å². The molecule has 2 fully saturated rings. The molecule has 2 aliphatic heterocycles. The number of halogens is 6. The number of anilines is 2. The Hall–Kier alpha value is -3.47. The van der Waals surface area contributed by atoms with Crippen molar-refractivity contribution in [1.82, 2.24) is 30.4 Å². The number of carbonyl (C=O) groups excluding carboxylic acids is 1. The van der Waals surface area contributed by atoms with Gasteiger partial charge in [-0.25, -0.2) is 15.1 Å². The van der Waals surface area contributed by atoms with Crippen LogP contribution in [0.5, 0.6) is 0 Å². The van der Waals surface area contributed by atoms with Crippen LogP contribution in [0.15, 0.2) is 23.4 Å². The van der Waals surface area contributed by atoms with E-state index in [0.29, 0.717) is 52.1 Å². The Bertz CT molecular complexity index is 1210. The molecule has 226 valence electrons. The molecule has 2 saturated heterocycles. The first-order valence-corrected chi connectivity index (χ1v) is 13.1. The summed E-state index contributed by atoms with van der Waals surface area (Å²) in [4.78, 5) is 35.4. The fourth-order valence-corrected chi connectivity index (χ4v) is 4.85. The molecule has 2 aromatic heterocycles. The van der Waals surface area contributed by atoms with E-state index in [2.05, 4.69) is 25.7 Å². The second-order valence-electron chi connectivity index (χ2n) is 9.79. The van der Waals surface area contributed by atoms with Crippen molar-refractivity contribution in [3.63, 3.8) is 0 Å². The maximum atomic E-state index is 13.5. The van der Waals surface area contributed by atoms with E-state index < -0.39 is 40.8 Å². The number of carbonyl (C=O) groups is 1. The Balaban J connectivity index is 1.28. The molecule has 0 radical (unpaired) electrons. The van der Waals surface area contributed by atoms with Crippen LogP contribution < -0.4 is 21.1 Å². The zero-order valence-corrected chi connectivity index (χ0v) is 21.9. The molecule has 17 heteroatoms. The second kappa shape index (κ2) is 13.0. The standard InChI is InChI=1S/C24H30F6N8O3/c25-23(26,27)16-11-32-22(33-12-16)38-8-6-37(7-9-38)19(39)3-10-41-14-18(15-1-4-31-5-2-15)35-17-13-34-36-21(40)20(17)24(28,29)30/h11-13,15,18,31H,1-10,14H2,(H2,35,36,40). The highest BCUT2D eigenvalue weighted by Crippen LogP contribution is 2.33. The van der Waals surface area contributed by atoms with E-state index in [1.54, 1.807) is 9.80 Å². The van der Waals surface area contributed by atoms with E-state index in [4.69, 9.17) is 4.74 Å². The molecule has 0 spiro atoms. The summed E-state index contributed by atoms with van der Waals surface area (Å²) in [6.45, 7) is 2.73. The summed E-state index contributed by atoms with van der Waals surface area (Å²) >= 11 is 0. The maximum absolute atomic E-state index is 13.5. The molecule has 11 nitrogen and oxygen atoms in total. The fourth-order valence-electron chi connectivity index (χ4n) is 4.85. The minimum Gasteiger partial charge on any atom is -0.379 e. The van der Waals surface area contributed by atoms with Crippen molar-refractivity contribution in [2.75, 3.05) is 62.7 Å². The van der Waals surface area contributed by atoms with Gasteiger partial charge in [-0.05, 0) is 31.8 Å². The van der Waals surface area contributed by atoms with Crippen LogP contribution in [0.25, 0.3) is 0 Å². The fraction of sp³-hybridized carbons (Fsp3) is 0.625. The molecule has 1 atom stereocenters. The number of ether oxygens (including phenoxy) is 1. The number of aromatic nitrogens is 4. The summed E-state index contributed by atoms with van der Waals surface area (Å²) in [5, 5.41) is 11.3. The third-order valence-electron chi connectivity index (χ3n) is 7.07. The van der Waals surface area contributed by atoms with Gasteiger partial charge in [0.05, 0.1) is 43.1 Å². The number of piperazine rings is 1. The number of hydrogen-bond acceptors (Lipinski definition) is 9. The lowest BCUT2D eigenvalue weighted by Gasteiger charge is -2.35. The predicted octanol–water partition coefficient (Wildman–Crippen LogP) is 2.13. The van der Waals surface area contributed by atoms with Crippen LogP contribution >= 0.6 is 0 Å². The van der Waals surface area contributed by atoms with Gasteiger partial charge in [-0.1, -0.05) is 0 Å². The van der Waals surface area contributed by atoms with E-state index in [-0.39, 0.29) is 37.4 Å². The summed E-state index contributed by atoms with van der Waals surface area (Å²) in [6, 6.07) is -0.552. The molecule has 41 heavy (non-hydrogen) atoms. The van der Waals surface area contributed by atoms with Crippen LogP contribution in [0.1, 0.15) is 30.4 Å². The van der Waals surface area contributed by atoms with Crippen molar-refractivity contribution in [3.05, 3.63) is 40.1 Å². The Kier molecular flexibility index (Phi) is 9.68. The average Bonchev–Trinajstić information content (AvgIpc) is 2.94. The van der Waals surface area contributed by atoms with E-state index >= 15 is 0 Å². The summed E-state index contributed by atoms with van der Waals surface area (Å²) in [6.07, 6.45) is -5.63. The quantitative estimate of drug-likeness (QED) is 0.296. The predicted molar refractivity (Wildman–Crippen MR) is 134 cm³/mol. The van der Waals surface area contributed by atoms with Crippen molar-refractivity contribution >= 4 is 17.5 Å². The lowest BCUT2D eigenvalue weighted by Crippen LogP contribution is -2.49. The number of amides is 1. The van der Waals surface area contributed by atoms with Crippen LogP contribution in [0.2, 0.25) is 0 Å². The van der Waals surface area contributed by atoms with E-state index in [1.807, 2.05) is 5.10 Å². The zero-order valence-electron chi connectivity index (χ0n) is 21.9. The van der Waals surface area contributed by atoms with Gasteiger partial charge in [-0.3, -0.25) is 9.59 Å². The zero-order chi connectivity index (χ0) is 29.6. The molecule has 1 amide bonds. The number of H-pyrrole nitrogens is 1. The van der Waals surface area contributed by atoms with Crippen molar-refractivity contribution < 1.29 is 35.9 Å². The first-order chi connectivity index (χ1) is 19.4. The molecule has 0 saturated carbocycles. The van der Waals surface area contributed by atoms with Crippen molar-refractivity contribution in [3.8, 4) is 0 Å². The molecule has 1 unspecified atom stereocenters. The Morgan fingerprint density at radius 2 is 1.68 bits per heavy atom.